The summed E-state index contributed by atoms with van der Waals surface area (Å²) in [6.45, 7) is 0. The van der Waals surface area contributed by atoms with Crippen molar-refractivity contribution < 1.29 is 4.74 Å². The third-order valence-corrected chi connectivity index (χ3v) is 6.76. The van der Waals surface area contributed by atoms with Crippen LogP contribution in [-0.2, 0) is 5.75 Å². The SMILES string of the molecule is COc1ccc(-c2csc3ncnc(SCc4c(Cl)cccc4Cl)c23)cc1. The maximum absolute atomic E-state index is 6.31. The van der Waals surface area contributed by atoms with Gasteiger partial charge in [-0.15, -0.1) is 23.1 Å². The maximum atomic E-state index is 6.31. The van der Waals surface area contributed by atoms with Crippen molar-refractivity contribution in [3.63, 3.8) is 0 Å². The summed E-state index contributed by atoms with van der Waals surface area (Å²) in [4.78, 5) is 9.91. The van der Waals surface area contributed by atoms with Gasteiger partial charge in [0, 0.05) is 26.7 Å². The van der Waals surface area contributed by atoms with Crippen LogP contribution in [0.3, 0.4) is 0 Å². The molecule has 2 aromatic heterocycles. The molecule has 0 spiro atoms. The highest BCUT2D eigenvalue weighted by Crippen LogP contribution is 2.40. The molecule has 0 N–H and O–H groups in total. The van der Waals surface area contributed by atoms with E-state index in [-0.39, 0.29) is 0 Å². The Kier molecular flexibility index (Phi) is 5.55. The predicted octanol–water partition coefficient (Wildman–Crippen LogP) is 6.97. The van der Waals surface area contributed by atoms with Crippen LogP contribution in [0.2, 0.25) is 10.0 Å². The summed E-state index contributed by atoms with van der Waals surface area (Å²) in [5.41, 5.74) is 3.14. The Hall–Kier alpha value is -1.79. The Morgan fingerprint density at radius 2 is 1.78 bits per heavy atom. The zero-order chi connectivity index (χ0) is 18.8. The van der Waals surface area contributed by atoms with Gasteiger partial charge in [-0.05, 0) is 35.4 Å². The average molecular weight is 433 g/mol. The number of halogens is 2. The molecule has 3 nitrogen and oxygen atoms in total. The van der Waals surface area contributed by atoms with Crippen LogP contribution >= 0.6 is 46.3 Å². The van der Waals surface area contributed by atoms with Gasteiger partial charge in [0.1, 0.15) is 21.9 Å². The lowest BCUT2D eigenvalue weighted by Crippen LogP contribution is -1.89. The molecule has 4 aromatic rings. The Morgan fingerprint density at radius 1 is 1.04 bits per heavy atom. The zero-order valence-electron chi connectivity index (χ0n) is 14.3. The van der Waals surface area contributed by atoms with E-state index in [0.717, 1.165) is 37.7 Å². The van der Waals surface area contributed by atoms with E-state index in [4.69, 9.17) is 27.9 Å². The summed E-state index contributed by atoms with van der Waals surface area (Å²) in [6, 6.07) is 13.6. The van der Waals surface area contributed by atoms with E-state index < -0.39 is 0 Å². The highest BCUT2D eigenvalue weighted by Gasteiger charge is 2.15. The largest absolute Gasteiger partial charge is 0.497 e. The number of hydrogen-bond acceptors (Lipinski definition) is 5. The first-order valence-corrected chi connectivity index (χ1v) is 10.7. The minimum absolute atomic E-state index is 0.641. The van der Waals surface area contributed by atoms with Gasteiger partial charge >= 0.3 is 0 Å². The molecule has 0 fully saturated rings. The number of nitrogens with zero attached hydrogens (tertiary/aromatic N) is 2. The summed E-state index contributed by atoms with van der Waals surface area (Å²) in [5.74, 6) is 1.47. The third kappa shape index (κ3) is 3.78. The first-order valence-electron chi connectivity index (χ1n) is 8.09. The summed E-state index contributed by atoms with van der Waals surface area (Å²) in [7, 11) is 1.66. The molecule has 0 amide bonds. The molecule has 0 aliphatic heterocycles. The molecule has 7 heteroatoms. The lowest BCUT2D eigenvalue weighted by Gasteiger charge is -2.08. The molecule has 4 rings (SSSR count). The zero-order valence-corrected chi connectivity index (χ0v) is 17.4. The van der Waals surface area contributed by atoms with Crippen LogP contribution < -0.4 is 4.74 Å². The highest BCUT2D eigenvalue weighted by atomic mass is 35.5. The highest BCUT2D eigenvalue weighted by molar-refractivity contribution is 7.98. The molecule has 0 bridgehead atoms. The van der Waals surface area contributed by atoms with Crippen molar-refractivity contribution in [3.8, 4) is 16.9 Å². The lowest BCUT2D eigenvalue weighted by atomic mass is 10.1. The number of methoxy groups -OCH3 is 1. The van der Waals surface area contributed by atoms with E-state index in [1.54, 1.807) is 36.5 Å². The Morgan fingerprint density at radius 3 is 2.48 bits per heavy atom. The summed E-state index contributed by atoms with van der Waals surface area (Å²) >= 11 is 15.8. The van der Waals surface area contributed by atoms with Gasteiger partial charge in [0.2, 0.25) is 0 Å². The number of rotatable bonds is 5. The molecule has 0 radical (unpaired) electrons. The molecule has 0 aliphatic carbocycles. The van der Waals surface area contributed by atoms with Gasteiger partial charge < -0.3 is 4.74 Å². The minimum atomic E-state index is 0.641. The molecular formula is C20H14Cl2N2OS2. The number of thiophene rings is 1. The molecule has 0 saturated carbocycles. The molecule has 2 heterocycles. The molecule has 0 saturated heterocycles. The number of hydrogen-bond donors (Lipinski definition) is 0. The topological polar surface area (TPSA) is 35.0 Å². The van der Waals surface area contributed by atoms with Crippen LogP contribution in [0.4, 0.5) is 0 Å². The third-order valence-electron chi connectivity index (χ3n) is 4.15. The molecule has 0 unspecified atom stereocenters. The van der Waals surface area contributed by atoms with Gasteiger partial charge in [-0.25, -0.2) is 9.97 Å². The van der Waals surface area contributed by atoms with Crippen molar-refractivity contribution >= 4 is 56.5 Å². The molecule has 0 aliphatic rings. The molecule has 27 heavy (non-hydrogen) atoms. The minimum Gasteiger partial charge on any atom is -0.497 e. The molecule has 2 aromatic carbocycles. The van der Waals surface area contributed by atoms with Gasteiger partial charge in [0.05, 0.1) is 12.5 Å². The number of benzene rings is 2. The van der Waals surface area contributed by atoms with E-state index in [1.165, 1.54) is 0 Å². The monoisotopic (exact) mass is 432 g/mol. The Bertz CT molecular complexity index is 1080. The first-order chi connectivity index (χ1) is 13.2. The van der Waals surface area contributed by atoms with E-state index in [2.05, 4.69) is 15.3 Å². The standard InChI is InChI=1S/C20H14Cl2N2OS2/c1-25-13-7-5-12(6-8-13)14-9-26-19-18(14)20(24-11-23-19)27-10-15-16(21)3-2-4-17(15)22/h2-9,11H,10H2,1H3. The van der Waals surface area contributed by atoms with E-state index in [0.29, 0.717) is 15.8 Å². The summed E-state index contributed by atoms with van der Waals surface area (Å²) < 4.78 is 5.26. The van der Waals surface area contributed by atoms with Crippen LogP contribution in [0.25, 0.3) is 21.3 Å². The van der Waals surface area contributed by atoms with Crippen LogP contribution in [0.15, 0.2) is 59.2 Å². The van der Waals surface area contributed by atoms with Crippen molar-refractivity contribution in [2.75, 3.05) is 7.11 Å². The smallest absolute Gasteiger partial charge is 0.128 e. The number of ether oxygens (including phenoxy) is 1. The summed E-state index contributed by atoms with van der Waals surface area (Å²) in [5, 5.41) is 5.43. The van der Waals surface area contributed by atoms with Crippen molar-refractivity contribution in [1.29, 1.82) is 0 Å². The van der Waals surface area contributed by atoms with Crippen LogP contribution in [0.1, 0.15) is 5.56 Å². The Balaban J connectivity index is 1.72. The van der Waals surface area contributed by atoms with Crippen LogP contribution in [0, 0.1) is 0 Å². The fourth-order valence-electron chi connectivity index (χ4n) is 2.75. The maximum Gasteiger partial charge on any atom is 0.128 e. The van der Waals surface area contributed by atoms with Crippen molar-refractivity contribution in [1.82, 2.24) is 9.97 Å². The number of fused-ring (bicyclic) bond motifs is 1. The van der Waals surface area contributed by atoms with Crippen LogP contribution in [-0.4, -0.2) is 17.1 Å². The first kappa shape index (κ1) is 18.6. The average Bonchev–Trinajstić information content (AvgIpc) is 3.12. The number of thioether (sulfide) groups is 1. The quantitative estimate of drug-likeness (QED) is 0.252. The van der Waals surface area contributed by atoms with E-state index >= 15 is 0 Å². The van der Waals surface area contributed by atoms with E-state index in [1.807, 2.05) is 42.5 Å². The van der Waals surface area contributed by atoms with Gasteiger partial charge in [-0.1, -0.05) is 41.4 Å². The predicted molar refractivity (Wildman–Crippen MR) is 115 cm³/mol. The van der Waals surface area contributed by atoms with Gasteiger partial charge in [0.15, 0.2) is 0 Å². The van der Waals surface area contributed by atoms with Gasteiger partial charge in [-0.3, -0.25) is 0 Å². The normalized spacial score (nSPS) is 11.1. The van der Waals surface area contributed by atoms with Crippen molar-refractivity contribution in [2.45, 2.75) is 10.8 Å². The Labute approximate surface area is 175 Å². The summed E-state index contributed by atoms with van der Waals surface area (Å²) in [6.07, 6.45) is 1.60. The van der Waals surface area contributed by atoms with Gasteiger partial charge in [-0.2, -0.15) is 0 Å². The van der Waals surface area contributed by atoms with Crippen molar-refractivity contribution in [2.24, 2.45) is 0 Å². The second kappa shape index (κ2) is 8.07. The second-order valence-corrected chi connectivity index (χ2v) is 8.36. The molecule has 136 valence electrons. The van der Waals surface area contributed by atoms with Gasteiger partial charge in [0.25, 0.3) is 0 Å². The number of aromatic nitrogens is 2. The second-order valence-electron chi connectivity index (χ2n) is 5.73. The van der Waals surface area contributed by atoms with Crippen LogP contribution in [0.5, 0.6) is 5.75 Å². The fourth-order valence-corrected chi connectivity index (χ4v) is 5.49. The van der Waals surface area contributed by atoms with Crippen molar-refractivity contribution in [3.05, 3.63) is 69.8 Å². The lowest BCUT2D eigenvalue weighted by molar-refractivity contribution is 0.415. The molecular weight excluding hydrogens is 419 g/mol. The fraction of sp³-hybridized carbons (Fsp3) is 0.100. The molecule has 0 atom stereocenters. The van der Waals surface area contributed by atoms with E-state index in [9.17, 15) is 0 Å².